The molecule has 3 aromatic rings. The second kappa shape index (κ2) is 11.2. The van der Waals surface area contributed by atoms with Crippen molar-refractivity contribution in [3.63, 3.8) is 0 Å². The summed E-state index contributed by atoms with van der Waals surface area (Å²) < 4.78 is 0. The van der Waals surface area contributed by atoms with Crippen molar-refractivity contribution in [1.29, 1.82) is 0 Å². The zero-order valence-electron chi connectivity index (χ0n) is 21.3. The molecule has 1 heterocycles. The molecule has 2 aliphatic rings. The van der Waals surface area contributed by atoms with Crippen LogP contribution in [0.1, 0.15) is 78.7 Å². The highest BCUT2D eigenvalue weighted by atomic mass is 16.3. The van der Waals surface area contributed by atoms with E-state index in [1.54, 1.807) is 6.20 Å². The van der Waals surface area contributed by atoms with Crippen LogP contribution in [0.4, 0.5) is 5.69 Å². The molecule has 0 aliphatic heterocycles. The molecule has 1 amide bonds. The van der Waals surface area contributed by atoms with E-state index >= 15 is 0 Å². The normalized spacial score (nSPS) is 23.1. The molecule has 35 heavy (non-hydrogen) atoms. The Kier molecular flexibility index (Phi) is 8.02. The number of nitrogens with one attached hydrogen (secondary N) is 1. The van der Waals surface area contributed by atoms with E-state index in [-0.39, 0.29) is 17.4 Å². The molecule has 0 spiro atoms. The molecule has 3 atom stereocenters. The molecule has 4 heteroatoms. The Morgan fingerprint density at radius 3 is 2.66 bits per heavy atom. The molecule has 1 saturated carbocycles. The number of fused-ring (bicyclic) bond motifs is 3. The van der Waals surface area contributed by atoms with E-state index in [2.05, 4.69) is 52.8 Å². The van der Waals surface area contributed by atoms with Gasteiger partial charge >= 0.3 is 0 Å². The quantitative estimate of drug-likeness (QED) is 0.449. The number of hydrogen-bond donors (Lipinski definition) is 2. The fourth-order valence-electron chi connectivity index (χ4n) is 6.11. The maximum atomic E-state index is 13.1. The average Bonchev–Trinajstić information content (AvgIpc) is 3.03. The number of hydrogen-bond acceptors (Lipinski definition) is 3. The Morgan fingerprint density at radius 1 is 1.09 bits per heavy atom. The lowest BCUT2D eigenvalue weighted by Crippen LogP contribution is -2.43. The minimum atomic E-state index is -0.201. The summed E-state index contributed by atoms with van der Waals surface area (Å²) in [5.41, 5.74) is 6.30. The van der Waals surface area contributed by atoms with Gasteiger partial charge < -0.3 is 10.4 Å². The SMILES string of the molecule is CC.Cc1ncccc1NC(=O)c1ccc2c(c1)CCCC1CC(O)CCC21Cc1ccccc1. The van der Waals surface area contributed by atoms with E-state index in [0.29, 0.717) is 11.5 Å². The predicted molar refractivity (Wildman–Crippen MR) is 143 cm³/mol. The van der Waals surface area contributed by atoms with Crippen LogP contribution in [-0.4, -0.2) is 22.1 Å². The molecule has 0 saturated heterocycles. The van der Waals surface area contributed by atoms with Crippen molar-refractivity contribution in [2.45, 2.75) is 77.2 Å². The molecule has 184 valence electrons. The van der Waals surface area contributed by atoms with E-state index in [1.807, 2.05) is 39.0 Å². The number of aryl methyl sites for hydroxylation is 2. The lowest BCUT2D eigenvalue weighted by molar-refractivity contribution is 0.0468. The van der Waals surface area contributed by atoms with Crippen LogP contribution in [0.15, 0.2) is 66.9 Å². The van der Waals surface area contributed by atoms with Crippen LogP contribution in [-0.2, 0) is 18.3 Å². The minimum absolute atomic E-state index is 0.0152. The van der Waals surface area contributed by atoms with Crippen LogP contribution in [0, 0.1) is 12.8 Å². The van der Waals surface area contributed by atoms with Gasteiger partial charge in [0.15, 0.2) is 0 Å². The first-order valence-corrected chi connectivity index (χ1v) is 13.1. The number of anilines is 1. The minimum Gasteiger partial charge on any atom is -0.393 e. The summed E-state index contributed by atoms with van der Waals surface area (Å²) in [5.74, 6) is 0.367. The summed E-state index contributed by atoms with van der Waals surface area (Å²) in [5, 5.41) is 13.5. The molecule has 0 bridgehead atoms. The van der Waals surface area contributed by atoms with Gasteiger partial charge in [-0.1, -0.05) is 50.2 Å². The summed E-state index contributed by atoms with van der Waals surface area (Å²) in [6.07, 6.45) is 8.40. The largest absolute Gasteiger partial charge is 0.393 e. The average molecular weight is 471 g/mol. The molecule has 4 nitrogen and oxygen atoms in total. The number of rotatable bonds is 4. The molecule has 0 radical (unpaired) electrons. The first kappa shape index (κ1) is 25.1. The Morgan fingerprint density at radius 2 is 1.89 bits per heavy atom. The molecule has 1 fully saturated rings. The third kappa shape index (κ3) is 5.33. The van der Waals surface area contributed by atoms with Crippen molar-refractivity contribution in [2.24, 2.45) is 5.92 Å². The fraction of sp³-hybridized carbons (Fsp3) is 0.419. The van der Waals surface area contributed by atoms with Gasteiger partial charge in [0.25, 0.3) is 5.91 Å². The molecule has 2 aliphatic carbocycles. The Balaban J connectivity index is 0.00000141. The number of aliphatic hydroxyl groups excluding tert-OH is 1. The summed E-state index contributed by atoms with van der Waals surface area (Å²) in [7, 11) is 0. The summed E-state index contributed by atoms with van der Waals surface area (Å²) in [4.78, 5) is 17.3. The summed E-state index contributed by atoms with van der Waals surface area (Å²) in [6.45, 7) is 5.90. The number of aromatic nitrogens is 1. The van der Waals surface area contributed by atoms with Crippen molar-refractivity contribution < 1.29 is 9.90 Å². The van der Waals surface area contributed by atoms with Crippen molar-refractivity contribution in [3.8, 4) is 0 Å². The van der Waals surface area contributed by atoms with Gasteiger partial charge in [-0.2, -0.15) is 0 Å². The van der Waals surface area contributed by atoms with Crippen LogP contribution in [0.3, 0.4) is 0 Å². The fourth-order valence-corrected chi connectivity index (χ4v) is 6.11. The second-order valence-corrected chi connectivity index (χ2v) is 9.80. The molecule has 2 N–H and O–H groups in total. The lowest BCUT2D eigenvalue weighted by Gasteiger charge is -2.46. The Bertz CT molecular complexity index is 1140. The van der Waals surface area contributed by atoms with Gasteiger partial charge in [0.1, 0.15) is 0 Å². The standard InChI is InChI=1S/C29H32N2O2.C2H6/c1-20-27(11-6-16-30-20)31-28(33)23-12-13-26-22(17-23)9-5-10-24-18-25(32)14-15-29(24,26)19-21-7-3-2-4-8-21;1-2/h2-4,6-8,11-13,16-17,24-25,32H,5,9-10,14-15,18-19H2,1H3,(H,31,33);1-2H3. The number of benzene rings is 2. The maximum Gasteiger partial charge on any atom is 0.255 e. The highest BCUT2D eigenvalue weighted by molar-refractivity contribution is 6.04. The zero-order chi connectivity index (χ0) is 24.8. The van der Waals surface area contributed by atoms with Gasteiger partial charge in [0.05, 0.1) is 17.5 Å². The van der Waals surface area contributed by atoms with Gasteiger partial charge in [-0.15, -0.1) is 0 Å². The first-order chi connectivity index (χ1) is 17.0. The summed E-state index contributed by atoms with van der Waals surface area (Å²) >= 11 is 0. The van der Waals surface area contributed by atoms with Crippen molar-refractivity contribution >= 4 is 11.6 Å². The number of carbonyl (C=O) groups excluding carboxylic acids is 1. The van der Waals surface area contributed by atoms with Gasteiger partial charge in [-0.3, -0.25) is 9.78 Å². The zero-order valence-corrected chi connectivity index (χ0v) is 21.3. The predicted octanol–water partition coefficient (Wildman–Crippen LogP) is 6.65. The molecule has 2 aromatic carbocycles. The monoisotopic (exact) mass is 470 g/mol. The lowest BCUT2D eigenvalue weighted by atomic mass is 9.58. The number of nitrogens with zero attached hydrogens (tertiary/aromatic N) is 1. The first-order valence-electron chi connectivity index (χ1n) is 13.1. The third-order valence-corrected chi connectivity index (χ3v) is 7.78. The van der Waals surface area contributed by atoms with Crippen LogP contribution < -0.4 is 5.32 Å². The number of pyridine rings is 1. The van der Waals surface area contributed by atoms with Crippen LogP contribution in [0.25, 0.3) is 0 Å². The van der Waals surface area contributed by atoms with Crippen molar-refractivity contribution in [3.05, 3.63) is 94.8 Å². The highest BCUT2D eigenvalue weighted by Gasteiger charge is 2.46. The van der Waals surface area contributed by atoms with E-state index < -0.39 is 0 Å². The molecular weight excluding hydrogens is 432 g/mol. The smallest absolute Gasteiger partial charge is 0.255 e. The third-order valence-electron chi connectivity index (χ3n) is 7.78. The Labute approximate surface area is 209 Å². The van der Waals surface area contributed by atoms with E-state index in [1.165, 1.54) is 16.7 Å². The van der Waals surface area contributed by atoms with E-state index in [0.717, 1.165) is 56.3 Å². The summed E-state index contributed by atoms with van der Waals surface area (Å²) in [6, 6.07) is 20.8. The topological polar surface area (TPSA) is 62.2 Å². The van der Waals surface area contributed by atoms with Crippen molar-refractivity contribution in [1.82, 2.24) is 4.98 Å². The van der Waals surface area contributed by atoms with Gasteiger partial charge in [0, 0.05) is 17.2 Å². The van der Waals surface area contributed by atoms with Crippen LogP contribution in [0.5, 0.6) is 0 Å². The van der Waals surface area contributed by atoms with Crippen LogP contribution >= 0.6 is 0 Å². The molecule has 5 rings (SSSR count). The van der Waals surface area contributed by atoms with E-state index in [9.17, 15) is 9.90 Å². The van der Waals surface area contributed by atoms with Gasteiger partial charge in [-0.25, -0.2) is 0 Å². The number of carbonyl (C=O) groups is 1. The highest BCUT2D eigenvalue weighted by Crippen LogP contribution is 2.51. The van der Waals surface area contributed by atoms with E-state index in [4.69, 9.17) is 0 Å². The Hall–Kier alpha value is -2.98. The second-order valence-electron chi connectivity index (χ2n) is 9.80. The maximum absolute atomic E-state index is 13.1. The molecule has 1 aromatic heterocycles. The van der Waals surface area contributed by atoms with Gasteiger partial charge in [-0.05, 0) is 98.7 Å². The molecule has 3 unspecified atom stereocenters. The number of amides is 1. The van der Waals surface area contributed by atoms with Crippen LogP contribution in [0.2, 0.25) is 0 Å². The number of aliphatic hydroxyl groups is 1. The molecular formula is C31H38N2O2. The van der Waals surface area contributed by atoms with Crippen molar-refractivity contribution in [2.75, 3.05) is 5.32 Å². The van der Waals surface area contributed by atoms with Gasteiger partial charge in [0.2, 0.25) is 0 Å².